The summed E-state index contributed by atoms with van der Waals surface area (Å²) in [6.07, 6.45) is 0. The van der Waals surface area contributed by atoms with E-state index in [2.05, 4.69) is 9.84 Å². The number of hydrogen-bond acceptors (Lipinski definition) is 7. The lowest BCUT2D eigenvalue weighted by Gasteiger charge is -2.22. The molecule has 1 aromatic heterocycles. The Hall–Kier alpha value is -3.53. The Morgan fingerprint density at radius 1 is 1.12 bits per heavy atom. The third kappa shape index (κ3) is 6.07. The number of carbonyl (C=O) groups is 2. The first-order chi connectivity index (χ1) is 16.0. The van der Waals surface area contributed by atoms with Gasteiger partial charge in [-0.3, -0.25) is 4.68 Å². The van der Waals surface area contributed by atoms with E-state index in [0.717, 1.165) is 5.56 Å². The number of esters is 2. The molecule has 3 aromatic rings. The average Bonchev–Trinajstić information content (AvgIpc) is 3.11. The summed E-state index contributed by atoms with van der Waals surface area (Å²) in [5.41, 5.74) is 7.32. The highest BCUT2D eigenvalue weighted by molar-refractivity contribution is 6.02. The van der Waals surface area contributed by atoms with Crippen LogP contribution in [0.4, 0.5) is 8.78 Å². The summed E-state index contributed by atoms with van der Waals surface area (Å²) >= 11 is 0. The van der Waals surface area contributed by atoms with Crippen LogP contribution in [0.1, 0.15) is 55.4 Å². The Labute approximate surface area is 195 Å². The number of rotatable bonds is 8. The van der Waals surface area contributed by atoms with Gasteiger partial charge >= 0.3 is 18.6 Å². The van der Waals surface area contributed by atoms with Gasteiger partial charge in [0.2, 0.25) is 0 Å². The first kappa shape index (κ1) is 25.1. The molecular weight excluding hydrogens is 448 g/mol. The van der Waals surface area contributed by atoms with Crippen LogP contribution in [0.2, 0.25) is 0 Å². The summed E-state index contributed by atoms with van der Waals surface area (Å²) in [7, 11) is 0. The molecular formula is C24H27F2N3O5. The molecule has 34 heavy (non-hydrogen) atoms. The summed E-state index contributed by atoms with van der Waals surface area (Å²) in [5, 5.41) is 4.94. The van der Waals surface area contributed by atoms with Crippen LogP contribution in [0.3, 0.4) is 0 Å². The SMILES string of the molecule is CCOC(=O)c1nn(Cc2ccc(OC(F)F)cc2)c2cc(C(N)C(=O)OC(C)(C)C)ccc12. The van der Waals surface area contributed by atoms with Crippen LogP contribution < -0.4 is 10.5 Å². The molecule has 0 fully saturated rings. The topological polar surface area (TPSA) is 106 Å². The average molecular weight is 475 g/mol. The van der Waals surface area contributed by atoms with E-state index < -0.39 is 30.2 Å². The molecule has 0 spiro atoms. The molecule has 0 aliphatic rings. The number of ether oxygens (including phenoxy) is 3. The number of halogens is 2. The number of benzene rings is 2. The fraction of sp³-hybridized carbons (Fsp3) is 0.375. The molecule has 182 valence electrons. The Balaban J connectivity index is 1.99. The van der Waals surface area contributed by atoms with Crippen molar-refractivity contribution in [3.8, 4) is 5.75 Å². The van der Waals surface area contributed by atoms with Crippen LogP contribution in [0.5, 0.6) is 5.75 Å². The summed E-state index contributed by atoms with van der Waals surface area (Å²) in [4.78, 5) is 24.9. The largest absolute Gasteiger partial charge is 0.461 e. The number of nitrogens with zero attached hydrogens (tertiary/aromatic N) is 2. The van der Waals surface area contributed by atoms with Crippen molar-refractivity contribution < 1.29 is 32.6 Å². The second-order valence-electron chi connectivity index (χ2n) is 8.54. The molecule has 1 unspecified atom stereocenters. The molecule has 1 atom stereocenters. The van der Waals surface area contributed by atoms with Crippen LogP contribution in [0, 0.1) is 0 Å². The van der Waals surface area contributed by atoms with Gasteiger partial charge in [0.25, 0.3) is 0 Å². The molecule has 0 bridgehead atoms. The van der Waals surface area contributed by atoms with Crippen molar-refractivity contribution >= 4 is 22.8 Å². The molecule has 2 aromatic carbocycles. The van der Waals surface area contributed by atoms with E-state index >= 15 is 0 Å². The molecule has 0 aliphatic carbocycles. The second-order valence-corrected chi connectivity index (χ2v) is 8.54. The molecule has 0 aliphatic heterocycles. The monoisotopic (exact) mass is 475 g/mol. The van der Waals surface area contributed by atoms with E-state index in [1.165, 1.54) is 12.1 Å². The van der Waals surface area contributed by atoms with E-state index in [1.54, 1.807) is 62.7 Å². The molecule has 3 rings (SSSR count). The molecule has 0 radical (unpaired) electrons. The summed E-state index contributed by atoms with van der Waals surface area (Å²) in [6, 6.07) is 10.0. The molecule has 10 heteroatoms. The third-order valence-electron chi connectivity index (χ3n) is 4.75. The van der Waals surface area contributed by atoms with E-state index in [9.17, 15) is 18.4 Å². The number of hydrogen-bond donors (Lipinski definition) is 1. The summed E-state index contributed by atoms with van der Waals surface area (Å²) in [6.45, 7) is 4.42. The third-order valence-corrected chi connectivity index (χ3v) is 4.75. The minimum absolute atomic E-state index is 0.0295. The highest BCUT2D eigenvalue weighted by atomic mass is 19.3. The standard InChI is InChI=1S/C24H27F2N3O5/c1-5-32-22(31)20-17-11-8-15(19(27)21(30)34-24(2,3)4)12-18(17)29(28-20)13-14-6-9-16(10-7-14)33-23(25)26/h6-12,19,23H,5,13,27H2,1-4H3. The van der Waals surface area contributed by atoms with Crippen molar-refractivity contribution in [2.24, 2.45) is 5.73 Å². The number of fused-ring (bicyclic) bond motifs is 1. The maximum Gasteiger partial charge on any atom is 0.387 e. The van der Waals surface area contributed by atoms with Gasteiger partial charge in [0.15, 0.2) is 5.69 Å². The van der Waals surface area contributed by atoms with Crippen molar-refractivity contribution in [3.63, 3.8) is 0 Å². The van der Waals surface area contributed by atoms with Crippen molar-refractivity contribution in [1.29, 1.82) is 0 Å². The minimum atomic E-state index is -2.92. The van der Waals surface area contributed by atoms with Gasteiger partial charge in [-0.1, -0.05) is 18.2 Å². The van der Waals surface area contributed by atoms with Gasteiger partial charge < -0.3 is 19.9 Å². The Kier molecular flexibility index (Phi) is 7.51. The lowest BCUT2D eigenvalue weighted by atomic mass is 10.0. The minimum Gasteiger partial charge on any atom is -0.461 e. The Bertz CT molecular complexity index is 1170. The molecule has 0 saturated carbocycles. The zero-order valence-corrected chi connectivity index (χ0v) is 19.4. The highest BCUT2D eigenvalue weighted by Crippen LogP contribution is 2.26. The first-order valence-electron chi connectivity index (χ1n) is 10.7. The predicted molar refractivity (Wildman–Crippen MR) is 121 cm³/mol. The number of aromatic nitrogens is 2. The fourth-order valence-electron chi connectivity index (χ4n) is 3.31. The van der Waals surface area contributed by atoms with Gasteiger partial charge in [-0.15, -0.1) is 0 Å². The van der Waals surface area contributed by atoms with Crippen LogP contribution >= 0.6 is 0 Å². The predicted octanol–water partition coefficient (Wildman–Crippen LogP) is 4.20. The fourth-order valence-corrected chi connectivity index (χ4v) is 3.31. The van der Waals surface area contributed by atoms with Crippen LogP contribution in [0.15, 0.2) is 42.5 Å². The molecule has 0 saturated heterocycles. The maximum absolute atomic E-state index is 12.5. The quantitative estimate of drug-likeness (QED) is 0.487. The van der Waals surface area contributed by atoms with Crippen LogP contribution in [0.25, 0.3) is 10.9 Å². The van der Waals surface area contributed by atoms with Gasteiger partial charge in [-0.25, -0.2) is 9.59 Å². The van der Waals surface area contributed by atoms with Gasteiger partial charge in [0.1, 0.15) is 17.4 Å². The van der Waals surface area contributed by atoms with Crippen molar-refractivity contribution in [1.82, 2.24) is 9.78 Å². The van der Waals surface area contributed by atoms with E-state index in [4.69, 9.17) is 15.2 Å². The maximum atomic E-state index is 12.5. The van der Waals surface area contributed by atoms with E-state index in [1.807, 2.05) is 0 Å². The summed E-state index contributed by atoms with van der Waals surface area (Å²) < 4.78 is 41.3. The lowest BCUT2D eigenvalue weighted by molar-refractivity contribution is -0.156. The molecule has 8 nitrogen and oxygen atoms in total. The molecule has 1 heterocycles. The Morgan fingerprint density at radius 2 is 1.79 bits per heavy atom. The van der Waals surface area contributed by atoms with Crippen molar-refractivity contribution in [2.45, 2.75) is 52.5 Å². The van der Waals surface area contributed by atoms with E-state index in [-0.39, 0.29) is 24.6 Å². The van der Waals surface area contributed by atoms with Gasteiger partial charge in [-0.05, 0) is 63.1 Å². The van der Waals surface area contributed by atoms with Gasteiger partial charge in [-0.2, -0.15) is 13.9 Å². The highest BCUT2D eigenvalue weighted by Gasteiger charge is 2.25. The van der Waals surface area contributed by atoms with Crippen molar-refractivity contribution in [3.05, 3.63) is 59.3 Å². The van der Waals surface area contributed by atoms with Gasteiger partial charge in [0.05, 0.1) is 18.7 Å². The molecule has 0 amide bonds. The number of carbonyl (C=O) groups excluding carboxylic acids is 2. The van der Waals surface area contributed by atoms with Crippen LogP contribution in [-0.4, -0.2) is 40.5 Å². The van der Waals surface area contributed by atoms with E-state index in [0.29, 0.717) is 16.5 Å². The zero-order valence-electron chi connectivity index (χ0n) is 19.4. The smallest absolute Gasteiger partial charge is 0.387 e. The normalized spacial score (nSPS) is 12.6. The molecule has 2 N–H and O–H groups in total. The van der Waals surface area contributed by atoms with Gasteiger partial charge in [0, 0.05) is 5.39 Å². The van der Waals surface area contributed by atoms with Crippen molar-refractivity contribution in [2.75, 3.05) is 6.61 Å². The zero-order chi connectivity index (χ0) is 25.0. The first-order valence-corrected chi connectivity index (χ1v) is 10.7. The second kappa shape index (κ2) is 10.2. The summed E-state index contributed by atoms with van der Waals surface area (Å²) in [5.74, 6) is -1.14. The number of nitrogens with two attached hydrogens (primary N) is 1. The number of alkyl halides is 2. The van der Waals surface area contributed by atoms with Crippen LogP contribution in [-0.2, 0) is 20.8 Å². The Morgan fingerprint density at radius 3 is 2.38 bits per heavy atom. The lowest BCUT2D eigenvalue weighted by Crippen LogP contribution is -2.31.